The molecule has 1 aromatic rings. The maximum absolute atomic E-state index is 10.4. The number of carboxylic acids is 1. The predicted molar refractivity (Wildman–Crippen MR) is 88.1 cm³/mol. The average Bonchev–Trinajstić information content (AvgIpc) is 2.48. The number of anilines is 1. The van der Waals surface area contributed by atoms with Crippen LogP contribution in [-0.4, -0.2) is 39.3 Å². The van der Waals surface area contributed by atoms with Crippen molar-refractivity contribution in [3.05, 3.63) is 29.8 Å². The van der Waals surface area contributed by atoms with Crippen molar-refractivity contribution in [1.82, 2.24) is 0 Å². The molecule has 112 valence electrons. The number of hydrogen-bond donors (Lipinski definition) is 2. The molecule has 0 bridgehead atoms. The van der Waals surface area contributed by atoms with Crippen LogP contribution in [0.15, 0.2) is 24.3 Å². The van der Waals surface area contributed by atoms with E-state index in [4.69, 9.17) is 5.11 Å². The molecule has 1 aromatic carbocycles. The molecule has 0 heterocycles. The van der Waals surface area contributed by atoms with Gasteiger partial charge in [0.05, 0.1) is 5.56 Å². The molecule has 2 radical (unpaired) electrons. The largest absolute Gasteiger partial charge is 0.478 e. The fourth-order valence-electron chi connectivity index (χ4n) is 1.51. The van der Waals surface area contributed by atoms with E-state index >= 15 is 0 Å². The summed E-state index contributed by atoms with van der Waals surface area (Å²) in [5.41, 5.74) is 1.22. The van der Waals surface area contributed by atoms with Crippen LogP contribution in [0.25, 0.3) is 0 Å². The van der Waals surface area contributed by atoms with Crippen molar-refractivity contribution in [2.24, 2.45) is 0 Å². The van der Waals surface area contributed by atoms with E-state index in [0.29, 0.717) is 5.56 Å². The number of unbranched alkanes of at least 4 members (excludes halogenated alkanes) is 2. The van der Waals surface area contributed by atoms with Gasteiger partial charge in [0.1, 0.15) is 0 Å². The van der Waals surface area contributed by atoms with Gasteiger partial charge in [0.2, 0.25) is 0 Å². The van der Waals surface area contributed by atoms with Gasteiger partial charge in [-0.15, -0.1) is 0 Å². The molecule has 2 N–H and O–H groups in total. The summed E-state index contributed by atoms with van der Waals surface area (Å²) in [5, 5.41) is 11.4. The summed E-state index contributed by atoms with van der Waals surface area (Å²) in [7, 11) is 1.79. The fourth-order valence-corrected chi connectivity index (χ4v) is 5.67. The molecule has 0 saturated carbocycles. The van der Waals surface area contributed by atoms with Crippen LogP contribution in [-0.2, 0) is 0 Å². The average molecular weight is 384 g/mol. The van der Waals surface area contributed by atoms with Crippen LogP contribution in [0.2, 0.25) is 8.87 Å². The minimum absolute atomic E-state index is 0.149. The van der Waals surface area contributed by atoms with Gasteiger partial charge in [0.15, 0.2) is 0 Å². The Morgan fingerprint density at radius 3 is 1.95 bits per heavy atom. The molecule has 0 aliphatic carbocycles. The monoisotopic (exact) mass is 385 g/mol. The molecule has 4 heteroatoms. The number of carbonyl (C=O) groups is 1. The van der Waals surface area contributed by atoms with Crippen molar-refractivity contribution in [1.29, 1.82) is 0 Å². The topological polar surface area (TPSA) is 49.3 Å². The van der Waals surface area contributed by atoms with Crippen LogP contribution in [0.4, 0.5) is 5.69 Å². The Bertz CT molecular complexity index is 346. The number of hydrogen-bond acceptors (Lipinski definition) is 2. The Labute approximate surface area is 133 Å². The molecular weight excluding hydrogens is 357 g/mol. The molecule has 0 spiro atoms. The summed E-state index contributed by atoms with van der Waals surface area (Å²) in [6, 6.07) is 6.58. The maximum atomic E-state index is 10.4. The first-order valence-corrected chi connectivity index (χ1v) is 11.4. The summed E-state index contributed by atoms with van der Waals surface area (Å²) in [6.45, 7) is 4.58. The van der Waals surface area contributed by atoms with E-state index in [9.17, 15) is 4.79 Å². The van der Waals surface area contributed by atoms with Crippen molar-refractivity contribution in [3.8, 4) is 0 Å². The molecule has 0 amide bonds. The smallest absolute Gasteiger partial charge is 0.335 e. The van der Waals surface area contributed by atoms with Crippen LogP contribution in [0.3, 0.4) is 0 Å². The predicted octanol–water partition coefficient (Wildman–Crippen LogP) is 4.55. The second kappa shape index (κ2) is 13.3. The molecule has 0 unspecified atom stereocenters. The van der Waals surface area contributed by atoms with E-state index in [-0.39, 0.29) is 21.1 Å². The number of nitrogens with one attached hydrogen (secondary N) is 1. The van der Waals surface area contributed by atoms with E-state index in [1.54, 1.807) is 40.2 Å². The van der Waals surface area contributed by atoms with E-state index in [2.05, 4.69) is 19.2 Å². The van der Waals surface area contributed by atoms with Crippen LogP contribution in [0, 0.1) is 0 Å². The summed E-state index contributed by atoms with van der Waals surface area (Å²) in [5.74, 6) is -0.896. The number of benzene rings is 1. The summed E-state index contributed by atoms with van der Waals surface area (Å²) >= 11 is 0.149. The SMILES string of the molecule is CCC[CH2][Sn][CH2]CCC.CNc1ccc(C(=O)O)cc1. The first kappa shape index (κ1) is 19.3. The molecule has 3 nitrogen and oxygen atoms in total. The third-order valence-electron chi connectivity index (χ3n) is 2.83. The molecular formula is C16H27NO2Sn. The summed E-state index contributed by atoms with van der Waals surface area (Å²) in [6.07, 6.45) is 5.84. The second-order valence-corrected chi connectivity index (χ2v) is 8.87. The van der Waals surface area contributed by atoms with Gasteiger partial charge in [-0.3, -0.25) is 0 Å². The molecule has 0 aromatic heterocycles. The first-order chi connectivity index (χ1) is 9.65. The number of carboxylic acid groups (broad SMARTS) is 1. The molecule has 0 aliphatic rings. The Balaban J connectivity index is 0.000000370. The van der Waals surface area contributed by atoms with E-state index < -0.39 is 5.97 Å². The van der Waals surface area contributed by atoms with Gasteiger partial charge < -0.3 is 10.4 Å². The zero-order valence-corrected chi connectivity index (χ0v) is 15.8. The summed E-state index contributed by atoms with van der Waals surface area (Å²) in [4.78, 5) is 10.4. The zero-order chi connectivity index (χ0) is 15.2. The quantitative estimate of drug-likeness (QED) is 0.511. The Hall–Kier alpha value is -0.711. The van der Waals surface area contributed by atoms with Crippen molar-refractivity contribution in [2.45, 2.75) is 48.4 Å². The second-order valence-electron chi connectivity index (χ2n) is 4.59. The molecule has 0 atom stereocenters. The number of rotatable bonds is 8. The zero-order valence-electron chi connectivity index (χ0n) is 12.9. The minimum Gasteiger partial charge on any atom is -0.478 e. The van der Waals surface area contributed by atoms with Gasteiger partial charge in [0.25, 0.3) is 0 Å². The summed E-state index contributed by atoms with van der Waals surface area (Å²) < 4.78 is 3.25. The van der Waals surface area contributed by atoms with E-state index in [1.165, 1.54) is 25.7 Å². The van der Waals surface area contributed by atoms with Gasteiger partial charge in [-0.05, 0) is 24.3 Å². The van der Waals surface area contributed by atoms with Gasteiger partial charge in [0, 0.05) is 12.7 Å². The van der Waals surface area contributed by atoms with Gasteiger partial charge in [-0.25, -0.2) is 4.79 Å². The normalized spacial score (nSPS) is 9.55. The molecule has 0 aliphatic heterocycles. The maximum Gasteiger partial charge on any atom is 0.335 e. The van der Waals surface area contributed by atoms with Crippen LogP contribution in [0.1, 0.15) is 49.9 Å². The van der Waals surface area contributed by atoms with Gasteiger partial charge >= 0.3 is 75.5 Å². The molecule has 0 fully saturated rings. The van der Waals surface area contributed by atoms with Gasteiger partial charge in [-0.1, -0.05) is 0 Å². The van der Waals surface area contributed by atoms with Crippen LogP contribution in [0.5, 0.6) is 0 Å². The Kier molecular flexibility index (Phi) is 12.8. The third-order valence-corrected chi connectivity index (χ3v) is 6.87. The fraction of sp³-hybridized carbons (Fsp3) is 0.562. The van der Waals surface area contributed by atoms with Crippen molar-refractivity contribution in [2.75, 3.05) is 12.4 Å². The third kappa shape index (κ3) is 10.1. The minimum atomic E-state index is -0.896. The van der Waals surface area contributed by atoms with E-state index in [1.807, 2.05) is 0 Å². The van der Waals surface area contributed by atoms with Crippen molar-refractivity contribution >= 4 is 32.8 Å². The van der Waals surface area contributed by atoms with Gasteiger partial charge in [-0.2, -0.15) is 0 Å². The Morgan fingerprint density at radius 1 is 1.10 bits per heavy atom. The first-order valence-electron chi connectivity index (χ1n) is 7.37. The van der Waals surface area contributed by atoms with Crippen molar-refractivity contribution < 1.29 is 9.90 Å². The molecule has 20 heavy (non-hydrogen) atoms. The van der Waals surface area contributed by atoms with E-state index in [0.717, 1.165) is 5.69 Å². The molecule has 1 rings (SSSR count). The number of aromatic carboxylic acids is 1. The van der Waals surface area contributed by atoms with Crippen LogP contribution >= 0.6 is 0 Å². The van der Waals surface area contributed by atoms with Crippen LogP contribution < -0.4 is 5.32 Å². The van der Waals surface area contributed by atoms with Crippen molar-refractivity contribution in [3.63, 3.8) is 0 Å². The molecule has 0 saturated heterocycles. The standard InChI is InChI=1S/C8H9NO2.2C4H9.Sn/c1-9-7-4-2-6(3-5-7)8(10)11;2*1-3-4-2;/h2-5,9H,1H3,(H,10,11);2*1,3-4H2,2H3;. The Morgan fingerprint density at radius 2 is 1.60 bits per heavy atom.